The van der Waals surface area contributed by atoms with Gasteiger partial charge in [0.1, 0.15) is 0 Å². The number of nitrogens with zero attached hydrogens (tertiary/aromatic N) is 3. The number of halogens is 5. The van der Waals surface area contributed by atoms with Gasteiger partial charge in [-0.05, 0) is 87.8 Å². The van der Waals surface area contributed by atoms with Crippen molar-refractivity contribution in [1.82, 2.24) is 20.1 Å². The maximum Gasteiger partial charge on any atom is 0.412 e. The van der Waals surface area contributed by atoms with Gasteiger partial charge >= 0.3 is 6.18 Å². The van der Waals surface area contributed by atoms with Crippen LogP contribution in [0.4, 0.5) is 13.2 Å². The molecule has 3 aromatic carbocycles. The Hall–Kier alpha value is -3.22. The van der Waals surface area contributed by atoms with Crippen LogP contribution in [0.3, 0.4) is 0 Å². The minimum Gasteiger partial charge on any atom is -0.337 e. The number of fused-ring (bicyclic) bond motifs is 1. The molecule has 6 rings (SSSR count). The molecule has 1 atom stereocenters. The molecular formula is C36H37Cl2F3N4O3S. The molecule has 1 N–H and O–H groups in total. The number of piperidine rings is 2. The zero-order chi connectivity index (χ0) is 34.9. The summed E-state index contributed by atoms with van der Waals surface area (Å²) in [7, 11) is -3.74. The molecule has 49 heavy (non-hydrogen) atoms. The Morgan fingerprint density at radius 1 is 0.939 bits per heavy atom. The number of alkyl halides is 3. The summed E-state index contributed by atoms with van der Waals surface area (Å²) in [6.45, 7) is 3.77. The molecule has 0 aliphatic carbocycles. The van der Waals surface area contributed by atoms with Crippen molar-refractivity contribution in [2.45, 2.75) is 61.8 Å². The summed E-state index contributed by atoms with van der Waals surface area (Å²) >= 11 is 12.7. The van der Waals surface area contributed by atoms with E-state index in [0.717, 1.165) is 32.2 Å². The predicted molar refractivity (Wildman–Crippen MR) is 187 cm³/mol. The Bertz CT molecular complexity index is 1950. The molecule has 1 aromatic heterocycles. The lowest BCUT2D eigenvalue weighted by Crippen LogP contribution is -2.46. The molecule has 3 heterocycles. The highest BCUT2D eigenvalue weighted by Gasteiger charge is 2.42. The normalized spacial score (nSPS) is 17.7. The molecular weight excluding hydrogens is 696 g/mol. The first kappa shape index (κ1) is 35.6. The van der Waals surface area contributed by atoms with E-state index in [1.54, 1.807) is 24.3 Å². The first-order valence-electron chi connectivity index (χ1n) is 16.3. The summed E-state index contributed by atoms with van der Waals surface area (Å²) in [5.41, 5.74) is 1.29. The van der Waals surface area contributed by atoms with Crippen LogP contribution in [0.5, 0.6) is 0 Å². The number of hydrogen-bond acceptors (Lipinski definition) is 6. The molecule has 260 valence electrons. The number of pyridine rings is 1. The number of sulfone groups is 1. The second kappa shape index (κ2) is 14.6. The lowest BCUT2D eigenvalue weighted by Gasteiger charge is -2.40. The Morgan fingerprint density at radius 3 is 2.27 bits per heavy atom. The van der Waals surface area contributed by atoms with Crippen LogP contribution in [0.1, 0.15) is 59.6 Å². The second-order valence-corrected chi connectivity index (χ2v) is 15.7. The SMILES string of the molecule is CS(=O)(=O)c1ccc2nc(-c3ccc(Cl)c(Cl)c3)c(CN3CCC(N4CCCCC4)CC3)c(C(=O)N[C@H](c3ccccc3)C(F)(F)F)c2c1. The number of carbonyl (C=O) groups is 1. The topological polar surface area (TPSA) is 82.6 Å². The van der Waals surface area contributed by atoms with E-state index < -0.39 is 28.0 Å². The van der Waals surface area contributed by atoms with Gasteiger partial charge in [0.15, 0.2) is 15.9 Å². The summed E-state index contributed by atoms with van der Waals surface area (Å²) in [5.74, 6) is -0.997. The molecule has 2 aliphatic rings. The predicted octanol–water partition coefficient (Wildman–Crippen LogP) is 8.10. The van der Waals surface area contributed by atoms with Crippen LogP contribution in [0.15, 0.2) is 71.6 Å². The molecule has 7 nitrogen and oxygen atoms in total. The van der Waals surface area contributed by atoms with Crippen LogP contribution >= 0.6 is 23.2 Å². The van der Waals surface area contributed by atoms with E-state index in [4.69, 9.17) is 28.2 Å². The van der Waals surface area contributed by atoms with E-state index in [9.17, 15) is 26.4 Å². The number of likely N-dealkylation sites (tertiary alicyclic amines) is 2. The molecule has 4 aromatic rings. The molecule has 2 fully saturated rings. The monoisotopic (exact) mass is 732 g/mol. The highest BCUT2D eigenvalue weighted by atomic mass is 35.5. The lowest BCUT2D eigenvalue weighted by molar-refractivity contribution is -0.155. The van der Waals surface area contributed by atoms with Crippen LogP contribution in [-0.4, -0.2) is 73.8 Å². The lowest BCUT2D eigenvalue weighted by atomic mass is 9.93. The van der Waals surface area contributed by atoms with Crippen LogP contribution in [-0.2, 0) is 16.4 Å². The van der Waals surface area contributed by atoms with Gasteiger partial charge in [-0.1, -0.05) is 66.0 Å². The maximum absolute atomic E-state index is 14.6. The van der Waals surface area contributed by atoms with Crippen molar-refractivity contribution in [3.05, 3.63) is 93.5 Å². The van der Waals surface area contributed by atoms with Crippen molar-refractivity contribution in [1.29, 1.82) is 0 Å². The highest BCUT2D eigenvalue weighted by molar-refractivity contribution is 7.90. The van der Waals surface area contributed by atoms with Crippen LogP contribution < -0.4 is 5.32 Å². The molecule has 0 saturated carbocycles. The summed E-state index contributed by atoms with van der Waals surface area (Å²) in [6, 6.07) is 14.4. The van der Waals surface area contributed by atoms with Crippen LogP contribution in [0, 0.1) is 0 Å². The van der Waals surface area contributed by atoms with E-state index in [1.165, 1.54) is 61.7 Å². The standard InChI is InChI=1S/C36H37Cl2F3N4O3S/c1-49(47,48)26-11-13-31-27(21-26)32(35(46)43-34(36(39,40)41)23-8-4-2-5-9-23)28(33(42-31)24-10-12-29(37)30(38)20-24)22-44-18-14-25(15-19-44)45-16-6-3-7-17-45/h2,4-5,8-13,20-21,25,34H,3,6-7,14-19,22H2,1H3,(H,43,46)/t34-/m1/s1. The number of nitrogens with one attached hydrogen (secondary N) is 1. The molecule has 1 amide bonds. The van der Waals surface area contributed by atoms with Gasteiger partial charge in [0.25, 0.3) is 5.91 Å². The first-order chi connectivity index (χ1) is 23.3. The van der Waals surface area contributed by atoms with E-state index in [2.05, 4.69) is 15.1 Å². The van der Waals surface area contributed by atoms with Gasteiger partial charge in [0.05, 0.1) is 31.7 Å². The zero-order valence-electron chi connectivity index (χ0n) is 26.9. The smallest absolute Gasteiger partial charge is 0.337 e. The third-order valence-electron chi connectivity index (χ3n) is 9.49. The third-order valence-corrected chi connectivity index (χ3v) is 11.3. The average molecular weight is 734 g/mol. The minimum atomic E-state index is -4.82. The fraction of sp³-hybridized carbons (Fsp3) is 0.389. The highest BCUT2D eigenvalue weighted by Crippen LogP contribution is 2.38. The van der Waals surface area contributed by atoms with E-state index >= 15 is 0 Å². The second-order valence-electron chi connectivity index (χ2n) is 12.9. The van der Waals surface area contributed by atoms with Gasteiger partial charge in [-0.15, -0.1) is 0 Å². The number of rotatable bonds is 8. The number of carbonyl (C=O) groups excluding carboxylic acids is 1. The number of hydrogen-bond donors (Lipinski definition) is 1. The Morgan fingerprint density at radius 2 is 1.63 bits per heavy atom. The molecule has 0 spiro atoms. The van der Waals surface area contributed by atoms with Crippen molar-refractivity contribution in [3.63, 3.8) is 0 Å². The van der Waals surface area contributed by atoms with Gasteiger partial charge in [0.2, 0.25) is 0 Å². The fourth-order valence-electron chi connectivity index (χ4n) is 6.96. The van der Waals surface area contributed by atoms with Crippen molar-refractivity contribution < 1.29 is 26.4 Å². The van der Waals surface area contributed by atoms with E-state index in [0.29, 0.717) is 41.0 Å². The largest absolute Gasteiger partial charge is 0.412 e. The Kier molecular flexibility index (Phi) is 10.6. The summed E-state index contributed by atoms with van der Waals surface area (Å²) < 4.78 is 69.0. The van der Waals surface area contributed by atoms with Crippen molar-refractivity contribution in [3.8, 4) is 11.3 Å². The van der Waals surface area contributed by atoms with Crippen molar-refractivity contribution >= 4 is 49.8 Å². The number of benzene rings is 3. The zero-order valence-corrected chi connectivity index (χ0v) is 29.3. The van der Waals surface area contributed by atoms with Crippen molar-refractivity contribution in [2.75, 3.05) is 32.4 Å². The molecule has 0 unspecified atom stereocenters. The molecule has 2 aliphatic heterocycles. The fourth-order valence-corrected chi connectivity index (χ4v) is 7.91. The molecule has 0 bridgehead atoms. The molecule has 13 heteroatoms. The quantitative estimate of drug-likeness (QED) is 0.197. The molecule has 2 saturated heterocycles. The van der Waals surface area contributed by atoms with Crippen molar-refractivity contribution in [2.24, 2.45) is 0 Å². The Labute approximate surface area is 294 Å². The first-order valence-corrected chi connectivity index (χ1v) is 19.0. The van der Waals surface area contributed by atoms with Gasteiger partial charge in [-0.2, -0.15) is 13.2 Å². The van der Waals surface area contributed by atoms with Gasteiger partial charge in [-0.3, -0.25) is 9.69 Å². The average Bonchev–Trinajstić information content (AvgIpc) is 3.08. The van der Waals surface area contributed by atoms with Crippen LogP contribution in [0.25, 0.3) is 22.2 Å². The van der Waals surface area contributed by atoms with E-state index in [1.807, 2.05) is 0 Å². The summed E-state index contributed by atoms with van der Waals surface area (Å²) in [4.78, 5) is 24.0. The Balaban J connectivity index is 1.50. The van der Waals surface area contributed by atoms with Gasteiger partial charge in [-0.25, -0.2) is 13.4 Å². The van der Waals surface area contributed by atoms with E-state index in [-0.39, 0.29) is 38.5 Å². The minimum absolute atomic E-state index is 0.0695. The van der Waals surface area contributed by atoms with Gasteiger partial charge in [0, 0.05) is 35.4 Å². The van der Waals surface area contributed by atoms with Crippen LogP contribution in [0.2, 0.25) is 10.0 Å². The molecule has 0 radical (unpaired) electrons. The summed E-state index contributed by atoms with van der Waals surface area (Å²) in [6.07, 6.45) is 1.65. The summed E-state index contributed by atoms with van der Waals surface area (Å²) in [5, 5.41) is 2.94. The number of amides is 1. The third kappa shape index (κ3) is 8.07. The number of aromatic nitrogens is 1. The van der Waals surface area contributed by atoms with Gasteiger partial charge < -0.3 is 10.2 Å². The maximum atomic E-state index is 14.6.